The Kier molecular flexibility index (Phi) is 4.88. The van der Waals surface area contributed by atoms with Crippen LogP contribution in [0.5, 0.6) is 5.75 Å². The first-order valence-electron chi connectivity index (χ1n) is 6.26. The van der Waals surface area contributed by atoms with Gasteiger partial charge in [0.15, 0.2) is 0 Å². The zero-order valence-corrected chi connectivity index (χ0v) is 12.1. The Morgan fingerprint density at radius 3 is 2.68 bits per heavy atom. The van der Waals surface area contributed by atoms with Crippen LogP contribution in [0.2, 0.25) is 0 Å². The van der Waals surface area contributed by atoms with E-state index in [0.29, 0.717) is 0 Å². The molecule has 0 aliphatic rings. The van der Waals surface area contributed by atoms with E-state index in [0.717, 1.165) is 12.2 Å². The molecule has 2 nitrogen and oxygen atoms in total. The zero-order chi connectivity index (χ0) is 13.7. The minimum atomic E-state index is 0.00996. The predicted octanol–water partition coefficient (Wildman–Crippen LogP) is 3.66. The molecule has 100 valence electrons. The Morgan fingerprint density at radius 1 is 1.16 bits per heavy atom. The minimum absolute atomic E-state index is 0.00996. The molecule has 0 radical (unpaired) electrons. The molecule has 2 N–H and O–H groups in total. The van der Waals surface area contributed by atoms with Crippen molar-refractivity contribution < 1.29 is 4.74 Å². The monoisotopic (exact) mass is 273 g/mol. The summed E-state index contributed by atoms with van der Waals surface area (Å²) in [4.78, 5) is 1.25. The van der Waals surface area contributed by atoms with Crippen molar-refractivity contribution in [1.82, 2.24) is 0 Å². The van der Waals surface area contributed by atoms with Gasteiger partial charge in [0.2, 0.25) is 0 Å². The van der Waals surface area contributed by atoms with E-state index < -0.39 is 0 Å². The van der Waals surface area contributed by atoms with Gasteiger partial charge in [-0.05, 0) is 42.0 Å². The van der Waals surface area contributed by atoms with Gasteiger partial charge < -0.3 is 10.5 Å². The first-order chi connectivity index (χ1) is 9.24. The average Bonchev–Trinajstić information content (AvgIpc) is 2.47. The number of hydrogen-bond acceptors (Lipinski definition) is 3. The van der Waals surface area contributed by atoms with E-state index >= 15 is 0 Å². The summed E-state index contributed by atoms with van der Waals surface area (Å²) in [6, 6.07) is 16.4. The largest absolute Gasteiger partial charge is 0.497 e. The number of benzene rings is 2. The topological polar surface area (TPSA) is 35.2 Å². The normalized spacial score (nSPS) is 12.2. The lowest BCUT2D eigenvalue weighted by Gasteiger charge is -2.16. The average molecular weight is 273 g/mol. The number of ether oxygens (including phenoxy) is 1. The first-order valence-corrected chi connectivity index (χ1v) is 7.48. The second kappa shape index (κ2) is 6.64. The van der Waals surface area contributed by atoms with Crippen LogP contribution in [0.1, 0.15) is 17.2 Å². The summed E-state index contributed by atoms with van der Waals surface area (Å²) in [6.45, 7) is 0. The van der Waals surface area contributed by atoms with Crippen LogP contribution in [-0.4, -0.2) is 13.4 Å². The molecule has 0 heterocycles. The van der Waals surface area contributed by atoms with Crippen LogP contribution in [0.15, 0.2) is 53.4 Å². The number of methoxy groups -OCH3 is 1. The Bertz CT molecular complexity index is 542. The maximum absolute atomic E-state index is 6.34. The molecule has 0 saturated carbocycles. The quantitative estimate of drug-likeness (QED) is 0.844. The molecule has 2 aromatic carbocycles. The van der Waals surface area contributed by atoms with Crippen molar-refractivity contribution >= 4 is 11.8 Å². The van der Waals surface area contributed by atoms with Crippen molar-refractivity contribution in [3.8, 4) is 5.75 Å². The molecule has 2 rings (SSSR count). The fourth-order valence-corrected chi connectivity index (χ4v) is 2.81. The summed E-state index contributed by atoms with van der Waals surface area (Å²) in [5.41, 5.74) is 8.74. The first kappa shape index (κ1) is 14.0. The molecule has 0 aliphatic heterocycles. The highest BCUT2D eigenvalue weighted by Gasteiger charge is 2.11. The summed E-state index contributed by atoms with van der Waals surface area (Å²) in [6.07, 6.45) is 2.89. The van der Waals surface area contributed by atoms with Crippen LogP contribution in [0, 0.1) is 0 Å². The van der Waals surface area contributed by atoms with Gasteiger partial charge in [0.05, 0.1) is 7.11 Å². The zero-order valence-electron chi connectivity index (χ0n) is 11.3. The summed E-state index contributed by atoms with van der Waals surface area (Å²) in [5.74, 6) is 0.878. The maximum Gasteiger partial charge on any atom is 0.119 e. The van der Waals surface area contributed by atoms with E-state index in [9.17, 15) is 0 Å². The number of nitrogens with two attached hydrogens (primary N) is 1. The fraction of sp³-hybridized carbons (Fsp3) is 0.250. The van der Waals surface area contributed by atoms with Gasteiger partial charge in [-0.2, -0.15) is 0 Å². The van der Waals surface area contributed by atoms with Crippen molar-refractivity contribution in [3.05, 3.63) is 59.7 Å². The predicted molar refractivity (Wildman–Crippen MR) is 81.8 cm³/mol. The molecule has 0 fully saturated rings. The van der Waals surface area contributed by atoms with E-state index in [1.54, 1.807) is 18.9 Å². The lowest BCUT2D eigenvalue weighted by molar-refractivity contribution is 0.414. The van der Waals surface area contributed by atoms with Crippen LogP contribution < -0.4 is 10.5 Å². The minimum Gasteiger partial charge on any atom is -0.497 e. The van der Waals surface area contributed by atoms with Crippen LogP contribution >= 0.6 is 11.8 Å². The van der Waals surface area contributed by atoms with Crippen LogP contribution in [0.25, 0.3) is 0 Å². The van der Waals surface area contributed by atoms with Gasteiger partial charge in [0.1, 0.15) is 5.75 Å². The SMILES string of the molecule is COc1cccc(CC(N)c2ccccc2SC)c1. The van der Waals surface area contributed by atoms with Gasteiger partial charge in [0.25, 0.3) is 0 Å². The molecule has 3 heteroatoms. The van der Waals surface area contributed by atoms with Gasteiger partial charge in [-0.1, -0.05) is 30.3 Å². The van der Waals surface area contributed by atoms with Crippen LogP contribution in [-0.2, 0) is 6.42 Å². The summed E-state index contributed by atoms with van der Waals surface area (Å²) in [7, 11) is 1.68. The summed E-state index contributed by atoms with van der Waals surface area (Å²) >= 11 is 1.74. The Hall–Kier alpha value is -1.45. The molecule has 1 unspecified atom stereocenters. The summed E-state index contributed by atoms with van der Waals surface area (Å²) in [5, 5.41) is 0. The molecular weight excluding hydrogens is 254 g/mol. The molecular formula is C16H19NOS. The maximum atomic E-state index is 6.34. The van der Waals surface area contributed by atoms with E-state index in [1.807, 2.05) is 30.3 Å². The van der Waals surface area contributed by atoms with Crippen molar-refractivity contribution in [2.24, 2.45) is 5.73 Å². The highest BCUT2D eigenvalue weighted by Crippen LogP contribution is 2.27. The molecule has 19 heavy (non-hydrogen) atoms. The smallest absolute Gasteiger partial charge is 0.119 e. The van der Waals surface area contributed by atoms with Gasteiger partial charge in [-0.3, -0.25) is 0 Å². The fourth-order valence-electron chi connectivity index (χ4n) is 2.14. The third-order valence-electron chi connectivity index (χ3n) is 3.13. The standard InChI is InChI=1S/C16H19NOS/c1-18-13-7-5-6-12(10-13)11-15(17)14-8-3-4-9-16(14)19-2/h3-10,15H,11,17H2,1-2H3. The Labute approximate surface area is 119 Å². The van der Waals surface area contributed by atoms with Crippen molar-refractivity contribution in [1.29, 1.82) is 0 Å². The van der Waals surface area contributed by atoms with Crippen LogP contribution in [0.4, 0.5) is 0 Å². The van der Waals surface area contributed by atoms with E-state index in [1.165, 1.54) is 16.0 Å². The van der Waals surface area contributed by atoms with Crippen molar-refractivity contribution in [2.75, 3.05) is 13.4 Å². The Balaban J connectivity index is 2.18. The third-order valence-corrected chi connectivity index (χ3v) is 3.94. The second-order valence-corrected chi connectivity index (χ2v) is 5.25. The van der Waals surface area contributed by atoms with Crippen LogP contribution in [0.3, 0.4) is 0 Å². The molecule has 0 aromatic heterocycles. The van der Waals surface area contributed by atoms with Crippen molar-refractivity contribution in [2.45, 2.75) is 17.4 Å². The Morgan fingerprint density at radius 2 is 1.95 bits per heavy atom. The third kappa shape index (κ3) is 3.52. The molecule has 0 aliphatic carbocycles. The number of rotatable bonds is 5. The lowest BCUT2D eigenvalue weighted by Crippen LogP contribution is -2.14. The van der Waals surface area contributed by atoms with Gasteiger partial charge in [0, 0.05) is 10.9 Å². The van der Waals surface area contributed by atoms with Crippen molar-refractivity contribution in [3.63, 3.8) is 0 Å². The molecule has 1 atom stereocenters. The van der Waals surface area contributed by atoms with E-state index in [-0.39, 0.29) is 6.04 Å². The molecule has 0 bridgehead atoms. The molecule has 0 spiro atoms. The second-order valence-electron chi connectivity index (χ2n) is 4.40. The molecule has 0 saturated heterocycles. The van der Waals surface area contributed by atoms with Gasteiger partial charge in [-0.15, -0.1) is 11.8 Å². The van der Waals surface area contributed by atoms with Gasteiger partial charge in [-0.25, -0.2) is 0 Å². The lowest BCUT2D eigenvalue weighted by atomic mass is 9.99. The number of hydrogen-bond donors (Lipinski definition) is 1. The molecule has 2 aromatic rings. The highest BCUT2D eigenvalue weighted by molar-refractivity contribution is 7.98. The molecule has 0 amide bonds. The van der Waals surface area contributed by atoms with E-state index in [4.69, 9.17) is 10.5 Å². The number of thioether (sulfide) groups is 1. The van der Waals surface area contributed by atoms with E-state index in [2.05, 4.69) is 24.5 Å². The van der Waals surface area contributed by atoms with Gasteiger partial charge >= 0.3 is 0 Å². The summed E-state index contributed by atoms with van der Waals surface area (Å²) < 4.78 is 5.24. The highest BCUT2D eigenvalue weighted by atomic mass is 32.2.